The van der Waals surface area contributed by atoms with Crippen LogP contribution in [0.3, 0.4) is 0 Å². The van der Waals surface area contributed by atoms with E-state index in [-0.39, 0.29) is 42.4 Å². The van der Waals surface area contributed by atoms with Gasteiger partial charge in [0.25, 0.3) is 0 Å². The lowest BCUT2D eigenvalue weighted by Crippen LogP contribution is -2.66. The van der Waals surface area contributed by atoms with Crippen molar-refractivity contribution in [2.75, 3.05) is 27.2 Å². The van der Waals surface area contributed by atoms with Gasteiger partial charge in [-0.15, -0.1) is 0 Å². The van der Waals surface area contributed by atoms with Crippen molar-refractivity contribution in [3.63, 3.8) is 0 Å². The monoisotopic (exact) mass is 568 g/mol. The normalized spacial score (nSPS) is 24.3. The van der Waals surface area contributed by atoms with Gasteiger partial charge < -0.3 is 15.0 Å². The number of guanidine groups is 1. The summed E-state index contributed by atoms with van der Waals surface area (Å²) in [4.78, 5) is 23.8. The molecule has 2 aliphatic rings. The lowest BCUT2D eigenvalue weighted by atomic mass is 9.77. The molecule has 3 aromatic rings. The minimum Gasteiger partial charge on any atom is -0.495 e. The summed E-state index contributed by atoms with van der Waals surface area (Å²) in [6.07, 6.45) is 5.56. The van der Waals surface area contributed by atoms with Crippen LogP contribution in [0, 0.1) is 5.82 Å². The van der Waals surface area contributed by atoms with Crippen LogP contribution in [-0.4, -0.2) is 70.9 Å². The van der Waals surface area contributed by atoms with Gasteiger partial charge in [-0.3, -0.25) is 9.69 Å². The Morgan fingerprint density at radius 1 is 1.18 bits per heavy atom. The van der Waals surface area contributed by atoms with Crippen molar-refractivity contribution >= 4 is 21.8 Å². The molecule has 212 valence electrons. The van der Waals surface area contributed by atoms with Gasteiger partial charge >= 0.3 is 0 Å². The summed E-state index contributed by atoms with van der Waals surface area (Å²) in [6, 6.07) is 9.50. The molecular formula is C28H33FN6O4S. The summed E-state index contributed by atoms with van der Waals surface area (Å²) in [5, 5.41) is 0. The molecular weight excluding hydrogens is 535 g/mol. The van der Waals surface area contributed by atoms with Crippen LogP contribution in [0.5, 0.6) is 5.75 Å². The largest absolute Gasteiger partial charge is 0.495 e. The zero-order valence-electron chi connectivity index (χ0n) is 23.0. The van der Waals surface area contributed by atoms with Crippen molar-refractivity contribution in [1.29, 1.82) is 0 Å². The Hall–Kier alpha value is -3.77. The number of pyridine rings is 1. The number of benzene rings is 1. The van der Waals surface area contributed by atoms with Crippen molar-refractivity contribution in [3.05, 3.63) is 83.2 Å². The summed E-state index contributed by atoms with van der Waals surface area (Å²) < 4.78 is 50.4. The number of aromatic nitrogens is 2. The number of Topliss-reactive ketones (excluding diaryl/α,β-unsaturated/α-hetero) is 1. The first-order valence-electron chi connectivity index (χ1n) is 12.9. The molecule has 0 radical (unpaired) electrons. The number of nitrogens with two attached hydrogens (primary N) is 1. The van der Waals surface area contributed by atoms with Crippen LogP contribution in [-0.2, 0) is 35.6 Å². The minimum absolute atomic E-state index is 0.0539. The standard InChI is InChI=1S/C28H33FN6O4S/c1-27(22-13-19(5-7-23(22)29)14-25(36)24-8-6-21(39-4)15-31-24)28(40(37,38)34(3)26(30)32-27)10-12-35(18-28)17-20-9-11-33(2)16-20/h5-9,11,13,15-16H,10,12,14,17-18H2,1-4H3,(H2,30,32)/t27-,28+/m1/s1. The number of halogens is 1. The average Bonchev–Trinajstić information content (AvgIpc) is 3.55. The van der Waals surface area contributed by atoms with Gasteiger partial charge in [0.15, 0.2) is 5.78 Å². The van der Waals surface area contributed by atoms with E-state index in [0.29, 0.717) is 24.4 Å². The van der Waals surface area contributed by atoms with Crippen LogP contribution in [0.1, 0.15) is 40.5 Å². The Bertz CT molecular complexity index is 1590. The first-order valence-corrected chi connectivity index (χ1v) is 14.3. The Morgan fingerprint density at radius 3 is 2.60 bits per heavy atom. The lowest BCUT2D eigenvalue weighted by Gasteiger charge is -2.48. The van der Waals surface area contributed by atoms with E-state index in [0.717, 1.165) is 9.87 Å². The highest BCUT2D eigenvalue weighted by molar-refractivity contribution is 7.91. The first-order chi connectivity index (χ1) is 18.9. The lowest BCUT2D eigenvalue weighted by molar-refractivity contribution is 0.0988. The maximum absolute atomic E-state index is 15.7. The van der Waals surface area contributed by atoms with Crippen molar-refractivity contribution in [2.45, 2.75) is 36.6 Å². The molecule has 0 amide bonds. The van der Waals surface area contributed by atoms with Crippen LogP contribution in [0.25, 0.3) is 0 Å². The number of aryl methyl sites for hydroxylation is 1. The van der Waals surface area contributed by atoms with E-state index in [4.69, 9.17) is 10.5 Å². The molecule has 4 heterocycles. The molecule has 0 aliphatic carbocycles. The molecule has 2 aliphatic heterocycles. The molecule has 1 spiro atoms. The fourth-order valence-corrected chi connectivity index (χ4v) is 8.02. The first kappa shape index (κ1) is 27.8. The van der Waals surface area contributed by atoms with E-state index in [1.54, 1.807) is 19.1 Å². The molecule has 0 unspecified atom stereocenters. The number of hydrogen-bond donors (Lipinski definition) is 1. The molecule has 2 aromatic heterocycles. The fraction of sp³-hybridized carbons (Fsp3) is 0.393. The molecule has 12 heteroatoms. The quantitative estimate of drug-likeness (QED) is 0.435. The number of ether oxygens (including phenoxy) is 1. The molecule has 2 N–H and O–H groups in total. The van der Waals surface area contributed by atoms with Crippen molar-refractivity contribution in [2.24, 2.45) is 17.8 Å². The fourth-order valence-electron chi connectivity index (χ4n) is 5.85. The van der Waals surface area contributed by atoms with E-state index >= 15 is 4.39 Å². The van der Waals surface area contributed by atoms with Crippen LogP contribution < -0.4 is 10.5 Å². The van der Waals surface area contributed by atoms with E-state index in [1.165, 1.54) is 38.6 Å². The van der Waals surface area contributed by atoms with Gasteiger partial charge in [0.05, 0.1) is 13.3 Å². The Morgan fingerprint density at radius 2 is 1.95 bits per heavy atom. The topological polar surface area (TPSA) is 123 Å². The van der Waals surface area contributed by atoms with Gasteiger partial charge in [0.1, 0.15) is 27.5 Å². The zero-order valence-corrected chi connectivity index (χ0v) is 23.8. The number of ketones is 1. The maximum atomic E-state index is 15.7. The molecule has 2 atom stereocenters. The molecule has 10 nitrogen and oxygen atoms in total. The maximum Gasteiger partial charge on any atom is 0.247 e. The number of methoxy groups -OCH3 is 1. The number of sulfonamides is 1. The second kappa shape index (κ2) is 10.0. The Balaban J connectivity index is 1.53. The van der Waals surface area contributed by atoms with Gasteiger partial charge in [-0.05, 0) is 54.8 Å². The van der Waals surface area contributed by atoms with Gasteiger partial charge in [0.2, 0.25) is 16.0 Å². The smallest absolute Gasteiger partial charge is 0.247 e. The van der Waals surface area contributed by atoms with E-state index in [9.17, 15) is 13.2 Å². The van der Waals surface area contributed by atoms with E-state index < -0.39 is 26.1 Å². The highest BCUT2D eigenvalue weighted by atomic mass is 32.2. The van der Waals surface area contributed by atoms with Gasteiger partial charge in [-0.25, -0.2) is 27.1 Å². The zero-order chi connectivity index (χ0) is 28.9. The van der Waals surface area contributed by atoms with Crippen molar-refractivity contribution in [3.8, 4) is 5.75 Å². The predicted octanol–water partition coefficient (Wildman–Crippen LogP) is 2.44. The predicted molar refractivity (Wildman–Crippen MR) is 149 cm³/mol. The van der Waals surface area contributed by atoms with E-state index in [1.807, 2.05) is 30.1 Å². The van der Waals surface area contributed by atoms with Crippen LogP contribution >= 0.6 is 0 Å². The molecule has 0 saturated carbocycles. The number of hydrogen-bond acceptors (Lipinski definition) is 8. The van der Waals surface area contributed by atoms with Crippen LogP contribution in [0.15, 0.2) is 60.0 Å². The second-order valence-electron chi connectivity index (χ2n) is 10.7. The van der Waals surface area contributed by atoms with Crippen LogP contribution in [0.2, 0.25) is 0 Å². The SMILES string of the molecule is COc1ccc(C(=O)Cc2ccc(F)c([C@@]3(C)N=C(N)N(C)S(=O)(=O)[C@]34CCN(Cc3ccn(C)c3)C4)c2)nc1. The number of carbonyl (C=O) groups excluding carboxylic acids is 1. The number of carbonyl (C=O) groups is 1. The minimum atomic E-state index is -4.05. The van der Waals surface area contributed by atoms with Gasteiger partial charge in [0, 0.05) is 58.1 Å². The highest BCUT2D eigenvalue weighted by Gasteiger charge is 2.66. The summed E-state index contributed by atoms with van der Waals surface area (Å²) in [6.45, 7) is 2.80. The average molecular weight is 569 g/mol. The summed E-state index contributed by atoms with van der Waals surface area (Å²) in [5.41, 5.74) is 6.47. The third-order valence-corrected chi connectivity index (χ3v) is 10.8. The summed E-state index contributed by atoms with van der Waals surface area (Å²) >= 11 is 0. The molecule has 0 bridgehead atoms. The molecule has 1 saturated heterocycles. The van der Waals surface area contributed by atoms with Crippen molar-refractivity contribution in [1.82, 2.24) is 18.8 Å². The molecule has 40 heavy (non-hydrogen) atoms. The molecule has 1 aromatic carbocycles. The number of likely N-dealkylation sites (tertiary alicyclic amines) is 1. The second-order valence-corrected chi connectivity index (χ2v) is 12.9. The van der Waals surface area contributed by atoms with Crippen molar-refractivity contribution < 1.29 is 22.3 Å². The highest BCUT2D eigenvalue weighted by Crippen LogP contribution is 2.51. The molecule has 5 rings (SSSR count). The molecule has 1 fully saturated rings. The number of nitrogens with zero attached hydrogens (tertiary/aromatic N) is 5. The van der Waals surface area contributed by atoms with Crippen LogP contribution in [0.4, 0.5) is 4.39 Å². The number of aliphatic imine (C=N–C) groups is 1. The summed E-state index contributed by atoms with van der Waals surface area (Å²) in [5.74, 6) is -0.568. The Kier molecular flexibility index (Phi) is 6.95. The third kappa shape index (κ3) is 4.44. The van der Waals surface area contributed by atoms with Gasteiger partial charge in [-0.2, -0.15) is 0 Å². The van der Waals surface area contributed by atoms with E-state index in [2.05, 4.69) is 14.9 Å². The van der Waals surface area contributed by atoms with Gasteiger partial charge in [-0.1, -0.05) is 6.07 Å². The number of rotatable bonds is 7. The summed E-state index contributed by atoms with van der Waals surface area (Å²) in [7, 11) is 0.760. The third-order valence-electron chi connectivity index (χ3n) is 8.19. The Labute approximate surface area is 233 Å².